The molecule has 0 aliphatic carbocycles. The second-order valence-electron chi connectivity index (χ2n) is 4.97. The van der Waals surface area contributed by atoms with Crippen LogP contribution in [0.1, 0.15) is 21.5 Å². The highest BCUT2D eigenvalue weighted by Crippen LogP contribution is 2.34. The normalized spacial score (nSPS) is 13.0. The van der Waals surface area contributed by atoms with Crippen LogP contribution in [0.15, 0.2) is 42.5 Å². The highest BCUT2D eigenvalue weighted by atomic mass is 16.4. The van der Waals surface area contributed by atoms with E-state index in [9.17, 15) is 14.7 Å². The average molecular weight is 283 g/mol. The number of benzene rings is 2. The molecule has 5 nitrogen and oxygen atoms in total. The molecule has 0 fully saturated rings. The van der Waals surface area contributed by atoms with E-state index in [0.29, 0.717) is 0 Å². The summed E-state index contributed by atoms with van der Waals surface area (Å²) in [5.41, 5.74) is 3.50. The van der Waals surface area contributed by atoms with Crippen LogP contribution in [0.5, 0.6) is 0 Å². The van der Waals surface area contributed by atoms with Crippen LogP contribution >= 0.6 is 0 Å². The van der Waals surface area contributed by atoms with Gasteiger partial charge in [-0.3, -0.25) is 4.90 Å². The Balaban J connectivity index is 2.16. The summed E-state index contributed by atoms with van der Waals surface area (Å²) < 4.78 is 0. The minimum Gasteiger partial charge on any atom is -0.478 e. The van der Waals surface area contributed by atoms with Crippen LogP contribution in [0.25, 0.3) is 11.1 Å². The molecule has 0 bridgehead atoms. The van der Waals surface area contributed by atoms with E-state index in [-0.39, 0.29) is 18.7 Å². The van der Waals surface area contributed by atoms with Crippen molar-refractivity contribution in [1.82, 2.24) is 4.90 Å². The maximum atomic E-state index is 11.3. The third-order valence-corrected chi connectivity index (χ3v) is 3.65. The number of aromatic carboxylic acids is 1. The van der Waals surface area contributed by atoms with Gasteiger partial charge >= 0.3 is 12.1 Å². The van der Waals surface area contributed by atoms with Gasteiger partial charge in [-0.05, 0) is 34.4 Å². The largest absolute Gasteiger partial charge is 0.478 e. The maximum Gasteiger partial charge on any atom is 0.407 e. The first-order chi connectivity index (χ1) is 10.1. The third kappa shape index (κ3) is 2.33. The van der Waals surface area contributed by atoms with Crippen molar-refractivity contribution in [3.63, 3.8) is 0 Å². The van der Waals surface area contributed by atoms with E-state index in [4.69, 9.17) is 5.11 Å². The lowest BCUT2D eigenvalue weighted by Crippen LogP contribution is -2.22. The number of hydrogen-bond donors (Lipinski definition) is 2. The summed E-state index contributed by atoms with van der Waals surface area (Å²) in [4.78, 5) is 23.7. The van der Waals surface area contributed by atoms with E-state index in [1.165, 1.54) is 4.90 Å². The van der Waals surface area contributed by atoms with Gasteiger partial charge in [0, 0.05) is 6.54 Å². The Bertz CT molecular complexity index is 725. The predicted octanol–water partition coefficient (Wildman–Crippen LogP) is 3.05. The molecule has 0 atom stereocenters. The minimum atomic E-state index is -1.01. The summed E-state index contributed by atoms with van der Waals surface area (Å²) >= 11 is 0. The lowest BCUT2D eigenvalue weighted by atomic mass is 9.94. The van der Waals surface area contributed by atoms with Gasteiger partial charge in [0.15, 0.2) is 0 Å². The summed E-state index contributed by atoms with van der Waals surface area (Å²) in [6.45, 7) is 0.514. The molecule has 1 aliphatic heterocycles. The van der Waals surface area contributed by atoms with Crippen LogP contribution in [0.2, 0.25) is 0 Å². The molecule has 0 aromatic heterocycles. The van der Waals surface area contributed by atoms with Crippen molar-refractivity contribution in [2.45, 2.75) is 13.1 Å². The van der Waals surface area contributed by atoms with Gasteiger partial charge in [-0.25, -0.2) is 9.59 Å². The lowest BCUT2D eigenvalue weighted by molar-refractivity contribution is 0.0696. The monoisotopic (exact) mass is 283 g/mol. The first kappa shape index (κ1) is 13.2. The number of fused-ring (bicyclic) bond motifs is 1. The van der Waals surface area contributed by atoms with Crippen LogP contribution < -0.4 is 0 Å². The van der Waals surface area contributed by atoms with Gasteiger partial charge < -0.3 is 10.2 Å². The summed E-state index contributed by atoms with van der Waals surface area (Å²) in [7, 11) is 0. The molecule has 21 heavy (non-hydrogen) atoms. The van der Waals surface area contributed by atoms with Crippen LogP contribution in [-0.2, 0) is 13.1 Å². The zero-order chi connectivity index (χ0) is 15.0. The first-order valence-electron chi connectivity index (χ1n) is 6.48. The number of nitrogens with zero attached hydrogens (tertiary/aromatic N) is 1. The summed E-state index contributed by atoms with van der Waals surface area (Å²) in [5, 5.41) is 18.4. The van der Waals surface area contributed by atoms with Crippen LogP contribution in [0, 0.1) is 0 Å². The van der Waals surface area contributed by atoms with E-state index in [2.05, 4.69) is 0 Å². The van der Waals surface area contributed by atoms with Crippen molar-refractivity contribution >= 4 is 12.1 Å². The van der Waals surface area contributed by atoms with Crippen LogP contribution in [-0.4, -0.2) is 27.2 Å². The fraction of sp³-hybridized carbons (Fsp3) is 0.125. The highest BCUT2D eigenvalue weighted by Gasteiger charge is 2.27. The first-order valence-corrected chi connectivity index (χ1v) is 6.48. The molecular weight excluding hydrogens is 270 g/mol. The van der Waals surface area contributed by atoms with E-state index in [1.54, 1.807) is 12.1 Å². The Hall–Kier alpha value is -2.82. The van der Waals surface area contributed by atoms with E-state index < -0.39 is 12.1 Å². The molecule has 0 unspecified atom stereocenters. The van der Waals surface area contributed by atoms with Crippen molar-refractivity contribution in [3.8, 4) is 11.1 Å². The zero-order valence-electron chi connectivity index (χ0n) is 11.1. The topological polar surface area (TPSA) is 77.8 Å². The van der Waals surface area contributed by atoms with Crippen molar-refractivity contribution in [3.05, 3.63) is 59.2 Å². The maximum absolute atomic E-state index is 11.3. The zero-order valence-corrected chi connectivity index (χ0v) is 11.1. The Morgan fingerprint density at radius 2 is 1.71 bits per heavy atom. The third-order valence-electron chi connectivity index (χ3n) is 3.65. The molecule has 2 aromatic carbocycles. The molecular formula is C16H13NO4. The molecule has 3 rings (SSSR count). The van der Waals surface area contributed by atoms with Crippen molar-refractivity contribution in [2.75, 3.05) is 0 Å². The van der Waals surface area contributed by atoms with Crippen molar-refractivity contribution < 1.29 is 19.8 Å². The molecule has 0 radical (unpaired) electrons. The molecule has 0 spiro atoms. The molecule has 1 heterocycles. The van der Waals surface area contributed by atoms with Crippen molar-refractivity contribution in [1.29, 1.82) is 0 Å². The SMILES string of the molecule is O=C(O)c1cc2c(c(-c3ccccc3)c1)CN(C(=O)O)C2. The number of carboxylic acids is 1. The van der Waals surface area contributed by atoms with Gasteiger partial charge in [0.2, 0.25) is 0 Å². The number of carbonyl (C=O) groups is 2. The fourth-order valence-electron chi connectivity index (χ4n) is 2.65. The van der Waals surface area contributed by atoms with Crippen LogP contribution in [0.4, 0.5) is 4.79 Å². The quantitative estimate of drug-likeness (QED) is 0.888. The molecule has 0 saturated heterocycles. The smallest absolute Gasteiger partial charge is 0.407 e. The van der Waals surface area contributed by atoms with Gasteiger partial charge in [0.1, 0.15) is 0 Å². The Morgan fingerprint density at radius 3 is 2.33 bits per heavy atom. The second-order valence-corrected chi connectivity index (χ2v) is 4.97. The Morgan fingerprint density at radius 1 is 1.00 bits per heavy atom. The molecule has 0 saturated carbocycles. The minimum absolute atomic E-state index is 0.180. The summed E-state index contributed by atoms with van der Waals surface area (Å²) in [6.07, 6.45) is -0.998. The fourth-order valence-corrected chi connectivity index (χ4v) is 2.65. The predicted molar refractivity (Wildman–Crippen MR) is 76.1 cm³/mol. The van der Waals surface area contributed by atoms with Gasteiger partial charge in [-0.15, -0.1) is 0 Å². The average Bonchev–Trinajstić information content (AvgIpc) is 2.91. The lowest BCUT2D eigenvalue weighted by Gasteiger charge is -2.11. The standard InChI is InChI=1S/C16H13NO4/c18-15(19)11-6-12-8-17(16(20)21)9-14(12)13(7-11)10-4-2-1-3-5-10/h1-7H,8-9H2,(H,18,19)(H,20,21). The number of rotatable bonds is 2. The van der Waals surface area contributed by atoms with Gasteiger partial charge in [0.05, 0.1) is 12.1 Å². The second kappa shape index (κ2) is 4.94. The number of carboxylic acid groups (broad SMARTS) is 2. The van der Waals surface area contributed by atoms with E-state index in [1.807, 2.05) is 30.3 Å². The summed E-state index contributed by atoms with van der Waals surface area (Å²) in [6, 6.07) is 12.6. The Kier molecular flexibility index (Phi) is 3.10. The van der Waals surface area contributed by atoms with E-state index >= 15 is 0 Å². The number of amides is 1. The molecule has 1 amide bonds. The van der Waals surface area contributed by atoms with E-state index in [0.717, 1.165) is 22.3 Å². The van der Waals surface area contributed by atoms with Crippen LogP contribution in [0.3, 0.4) is 0 Å². The Labute approximate surface area is 121 Å². The number of hydrogen-bond acceptors (Lipinski definition) is 2. The van der Waals surface area contributed by atoms with Crippen molar-refractivity contribution in [2.24, 2.45) is 0 Å². The summed E-state index contributed by atoms with van der Waals surface area (Å²) in [5.74, 6) is -1.01. The van der Waals surface area contributed by atoms with Gasteiger partial charge in [0.25, 0.3) is 0 Å². The molecule has 5 heteroatoms. The molecule has 1 aliphatic rings. The molecule has 2 N–H and O–H groups in total. The van der Waals surface area contributed by atoms with Gasteiger partial charge in [-0.1, -0.05) is 30.3 Å². The molecule has 106 valence electrons. The molecule has 2 aromatic rings. The van der Waals surface area contributed by atoms with Gasteiger partial charge in [-0.2, -0.15) is 0 Å². The highest BCUT2D eigenvalue weighted by molar-refractivity contribution is 5.91.